The minimum Gasteiger partial charge on any atom is -0.383 e. The highest BCUT2D eigenvalue weighted by molar-refractivity contribution is 5.59. The van der Waals surface area contributed by atoms with E-state index in [0.29, 0.717) is 6.04 Å². The predicted molar refractivity (Wildman–Crippen MR) is 63.3 cm³/mol. The van der Waals surface area contributed by atoms with Gasteiger partial charge >= 0.3 is 0 Å². The predicted octanol–water partition coefficient (Wildman–Crippen LogP) is 2.08. The third-order valence-corrected chi connectivity index (χ3v) is 3.40. The topological polar surface area (TPSA) is 24.1 Å². The van der Waals surface area contributed by atoms with Crippen LogP contribution in [0.4, 0.5) is 5.69 Å². The lowest BCUT2D eigenvalue weighted by molar-refractivity contribution is 0.514. The number of fused-ring (bicyclic) bond motifs is 1. The molecule has 1 aliphatic carbocycles. The summed E-state index contributed by atoms with van der Waals surface area (Å²) in [6.07, 6.45) is 3.93. The van der Waals surface area contributed by atoms with E-state index >= 15 is 0 Å². The second-order valence-corrected chi connectivity index (χ2v) is 4.83. The number of para-hydroxylation sites is 1. The van der Waals surface area contributed by atoms with Crippen molar-refractivity contribution >= 4 is 5.69 Å². The van der Waals surface area contributed by atoms with E-state index in [2.05, 4.69) is 35.8 Å². The van der Waals surface area contributed by atoms with Crippen molar-refractivity contribution in [2.75, 3.05) is 11.9 Å². The number of aryl methyl sites for hydroxylation is 1. The second kappa shape index (κ2) is 3.53. The molecule has 1 heterocycles. The van der Waals surface area contributed by atoms with Crippen molar-refractivity contribution in [2.45, 2.75) is 38.3 Å². The highest BCUT2D eigenvalue weighted by Crippen LogP contribution is 2.27. The summed E-state index contributed by atoms with van der Waals surface area (Å²) in [7, 11) is 0. The molecule has 1 aromatic carbocycles. The van der Waals surface area contributed by atoms with Gasteiger partial charge < -0.3 is 10.6 Å². The third-order valence-electron chi connectivity index (χ3n) is 3.40. The van der Waals surface area contributed by atoms with Crippen LogP contribution in [0.5, 0.6) is 0 Å². The molecular formula is C13H18N2. The summed E-state index contributed by atoms with van der Waals surface area (Å²) < 4.78 is 0. The zero-order valence-corrected chi connectivity index (χ0v) is 9.22. The lowest BCUT2D eigenvalue weighted by atomic mass is 9.97. The van der Waals surface area contributed by atoms with E-state index in [1.807, 2.05) is 0 Å². The van der Waals surface area contributed by atoms with Crippen molar-refractivity contribution in [3.8, 4) is 0 Å². The van der Waals surface area contributed by atoms with Crippen LogP contribution in [0.2, 0.25) is 0 Å². The van der Waals surface area contributed by atoms with Crippen LogP contribution >= 0.6 is 0 Å². The van der Waals surface area contributed by atoms with Gasteiger partial charge in [-0.2, -0.15) is 0 Å². The number of hydrogen-bond donors (Lipinski definition) is 2. The van der Waals surface area contributed by atoms with Crippen LogP contribution in [0.3, 0.4) is 0 Å². The molecule has 0 aromatic heterocycles. The van der Waals surface area contributed by atoms with Crippen LogP contribution < -0.4 is 10.6 Å². The molecule has 1 aromatic rings. The quantitative estimate of drug-likeness (QED) is 0.767. The molecule has 2 nitrogen and oxygen atoms in total. The molecule has 0 radical (unpaired) electrons. The molecule has 2 aliphatic rings. The van der Waals surface area contributed by atoms with Gasteiger partial charge in [0.15, 0.2) is 0 Å². The molecular weight excluding hydrogens is 184 g/mol. The molecule has 3 rings (SSSR count). The van der Waals surface area contributed by atoms with Gasteiger partial charge in [-0.25, -0.2) is 0 Å². The molecule has 15 heavy (non-hydrogen) atoms. The maximum absolute atomic E-state index is 3.69. The first-order chi connectivity index (χ1) is 7.33. The molecule has 0 bridgehead atoms. The lowest BCUT2D eigenvalue weighted by Gasteiger charge is -2.28. The summed E-state index contributed by atoms with van der Waals surface area (Å²) in [4.78, 5) is 0. The van der Waals surface area contributed by atoms with Gasteiger partial charge in [-0.15, -0.1) is 0 Å². The third kappa shape index (κ3) is 1.86. The first kappa shape index (κ1) is 9.22. The molecule has 0 spiro atoms. The molecule has 2 N–H and O–H groups in total. The highest BCUT2D eigenvalue weighted by atomic mass is 15.0. The molecule has 1 unspecified atom stereocenters. The van der Waals surface area contributed by atoms with Crippen LogP contribution in [0.15, 0.2) is 18.2 Å². The van der Waals surface area contributed by atoms with E-state index < -0.39 is 0 Å². The van der Waals surface area contributed by atoms with Crippen molar-refractivity contribution in [3.05, 3.63) is 29.3 Å². The van der Waals surface area contributed by atoms with E-state index in [9.17, 15) is 0 Å². The molecule has 0 amide bonds. The van der Waals surface area contributed by atoms with E-state index in [1.165, 1.54) is 36.1 Å². The van der Waals surface area contributed by atoms with E-state index in [0.717, 1.165) is 12.6 Å². The van der Waals surface area contributed by atoms with Crippen LogP contribution in [0.1, 0.15) is 24.0 Å². The van der Waals surface area contributed by atoms with Crippen LogP contribution in [-0.4, -0.2) is 18.6 Å². The SMILES string of the molecule is Cc1cccc2c1NCC(NC1CC1)C2. The van der Waals surface area contributed by atoms with Crippen molar-refractivity contribution in [3.63, 3.8) is 0 Å². The number of nitrogens with one attached hydrogen (secondary N) is 2. The molecule has 2 heteroatoms. The number of benzene rings is 1. The fourth-order valence-corrected chi connectivity index (χ4v) is 2.42. The van der Waals surface area contributed by atoms with Crippen molar-refractivity contribution in [1.29, 1.82) is 0 Å². The Morgan fingerprint density at radius 3 is 2.93 bits per heavy atom. The summed E-state index contributed by atoms with van der Waals surface area (Å²) in [5.41, 5.74) is 4.21. The van der Waals surface area contributed by atoms with Crippen molar-refractivity contribution in [1.82, 2.24) is 5.32 Å². The number of anilines is 1. The Labute approximate surface area is 91.1 Å². The maximum atomic E-state index is 3.69. The fraction of sp³-hybridized carbons (Fsp3) is 0.538. The Morgan fingerprint density at radius 1 is 1.27 bits per heavy atom. The van der Waals surface area contributed by atoms with Gasteiger partial charge in [-0.1, -0.05) is 18.2 Å². The fourth-order valence-electron chi connectivity index (χ4n) is 2.42. The summed E-state index contributed by atoms with van der Waals surface area (Å²) in [5.74, 6) is 0. The van der Waals surface area contributed by atoms with Gasteiger partial charge in [0, 0.05) is 24.3 Å². The molecule has 80 valence electrons. The molecule has 1 atom stereocenters. The van der Waals surface area contributed by atoms with Gasteiger partial charge in [0.2, 0.25) is 0 Å². The van der Waals surface area contributed by atoms with Gasteiger partial charge in [0.1, 0.15) is 0 Å². The minimum absolute atomic E-state index is 0.631. The summed E-state index contributed by atoms with van der Waals surface area (Å²) in [6, 6.07) is 8.03. The average molecular weight is 202 g/mol. The molecule has 1 fully saturated rings. The summed E-state index contributed by atoms with van der Waals surface area (Å²) in [6.45, 7) is 3.26. The smallest absolute Gasteiger partial charge is 0.0403 e. The van der Waals surface area contributed by atoms with Crippen LogP contribution in [0, 0.1) is 6.92 Å². The van der Waals surface area contributed by atoms with Gasteiger partial charge in [0.05, 0.1) is 0 Å². The highest BCUT2D eigenvalue weighted by Gasteiger charge is 2.26. The number of rotatable bonds is 2. The van der Waals surface area contributed by atoms with Crippen molar-refractivity contribution in [2.24, 2.45) is 0 Å². The Bertz CT molecular complexity index is 369. The standard InChI is InChI=1S/C13H18N2/c1-9-3-2-4-10-7-12(8-14-13(9)10)15-11-5-6-11/h2-4,11-12,14-15H,5-8H2,1H3. The first-order valence-corrected chi connectivity index (χ1v) is 5.91. The van der Waals surface area contributed by atoms with Gasteiger partial charge in [0.25, 0.3) is 0 Å². The molecule has 1 aliphatic heterocycles. The summed E-state index contributed by atoms with van der Waals surface area (Å²) in [5, 5.41) is 7.24. The maximum Gasteiger partial charge on any atom is 0.0403 e. The van der Waals surface area contributed by atoms with Crippen LogP contribution in [0.25, 0.3) is 0 Å². The zero-order valence-electron chi connectivity index (χ0n) is 9.22. The van der Waals surface area contributed by atoms with Gasteiger partial charge in [-0.3, -0.25) is 0 Å². The largest absolute Gasteiger partial charge is 0.383 e. The number of hydrogen-bond acceptors (Lipinski definition) is 2. The Morgan fingerprint density at radius 2 is 2.13 bits per heavy atom. The van der Waals surface area contributed by atoms with E-state index in [4.69, 9.17) is 0 Å². The zero-order chi connectivity index (χ0) is 10.3. The van der Waals surface area contributed by atoms with Gasteiger partial charge in [-0.05, 0) is 37.3 Å². The second-order valence-electron chi connectivity index (χ2n) is 4.83. The summed E-state index contributed by atoms with van der Waals surface area (Å²) >= 11 is 0. The Kier molecular flexibility index (Phi) is 2.17. The first-order valence-electron chi connectivity index (χ1n) is 5.91. The minimum atomic E-state index is 0.631. The van der Waals surface area contributed by atoms with E-state index in [1.54, 1.807) is 0 Å². The lowest BCUT2D eigenvalue weighted by Crippen LogP contribution is -2.41. The monoisotopic (exact) mass is 202 g/mol. The normalized spacial score (nSPS) is 24.5. The Hall–Kier alpha value is -1.02. The Balaban J connectivity index is 1.77. The van der Waals surface area contributed by atoms with Crippen molar-refractivity contribution < 1.29 is 0 Å². The molecule has 0 saturated heterocycles. The molecule has 1 saturated carbocycles. The van der Waals surface area contributed by atoms with E-state index in [-0.39, 0.29) is 0 Å². The van der Waals surface area contributed by atoms with Crippen LogP contribution in [-0.2, 0) is 6.42 Å². The average Bonchev–Trinajstić information content (AvgIpc) is 3.02.